The topological polar surface area (TPSA) is 29.5 Å². The first-order chi connectivity index (χ1) is 13.6. The van der Waals surface area contributed by atoms with Gasteiger partial charge in [0.2, 0.25) is 0 Å². The van der Waals surface area contributed by atoms with E-state index in [2.05, 4.69) is 0 Å². The van der Waals surface area contributed by atoms with Crippen molar-refractivity contribution in [1.82, 2.24) is 0 Å². The van der Waals surface area contributed by atoms with Gasteiger partial charge in [-0.2, -0.15) is 43.9 Å². The predicted octanol–water partition coefficient (Wildman–Crippen LogP) is 5.97. The van der Waals surface area contributed by atoms with Gasteiger partial charge in [-0.05, 0) is 26.8 Å². The molecule has 0 amide bonds. The van der Waals surface area contributed by atoms with Crippen molar-refractivity contribution in [3.63, 3.8) is 0 Å². The van der Waals surface area contributed by atoms with Crippen molar-refractivity contribution in [2.75, 3.05) is 0 Å². The Balaban J connectivity index is 2.71. The van der Waals surface area contributed by atoms with Gasteiger partial charge in [0.25, 0.3) is 5.67 Å². The van der Waals surface area contributed by atoms with E-state index in [1.165, 1.54) is 19.9 Å². The van der Waals surface area contributed by atoms with E-state index in [0.29, 0.717) is 6.92 Å². The molecule has 13 heteroatoms. The van der Waals surface area contributed by atoms with Gasteiger partial charge in [-0.1, -0.05) is 18.2 Å². The number of alkyl halides is 11. The molecule has 1 unspecified atom stereocenters. The molecular formula is C18H17F11O2. The zero-order valence-corrected chi connectivity index (χ0v) is 16.1. The predicted molar refractivity (Wildman–Crippen MR) is 85.0 cm³/mol. The van der Waals surface area contributed by atoms with Crippen LogP contribution in [0.3, 0.4) is 0 Å². The van der Waals surface area contributed by atoms with Crippen LogP contribution < -0.4 is 4.74 Å². The summed E-state index contributed by atoms with van der Waals surface area (Å²) < 4.78 is 158. The average molecular weight is 474 g/mol. The summed E-state index contributed by atoms with van der Waals surface area (Å²) >= 11 is 0. The number of benzene rings is 1. The van der Waals surface area contributed by atoms with Crippen LogP contribution in [0.25, 0.3) is 0 Å². The molecule has 0 radical (unpaired) electrons. The summed E-state index contributed by atoms with van der Waals surface area (Å²) in [4.78, 5) is 0. The Bertz CT molecular complexity index is 804. The van der Waals surface area contributed by atoms with Crippen molar-refractivity contribution in [3.8, 4) is 5.75 Å². The maximum absolute atomic E-state index is 15.0. The van der Waals surface area contributed by atoms with Crippen molar-refractivity contribution < 1.29 is 58.1 Å². The Hall–Kier alpha value is -1.79. The van der Waals surface area contributed by atoms with Crippen LogP contribution in [0.1, 0.15) is 32.8 Å². The van der Waals surface area contributed by atoms with Gasteiger partial charge in [0.05, 0.1) is 11.7 Å². The number of hydrogen-bond donors (Lipinski definition) is 1. The first-order valence-corrected chi connectivity index (χ1v) is 8.68. The van der Waals surface area contributed by atoms with Crippen LogP contribution in [0.4, 0.5) is 48.3 Å². The number of aliphatic hydroxyl groups is 1. The number of ether oxygens (including phenoxy) is 1. The lowest BCUT2D eigenvalue weighted by Gasteiger charge is -2.53. The Morgan fingerprint density at radius 1 is 0.774 bits per heavy atom. The molecule has 1 saturated carbocycles. The summed E-state index contributed by atoms with van der Waals surface area (Å²) in [5.41, 5.74) is -10.2. The number of halogens is 11. The van der Waals surface area contributed by atoms with E-state index in [9.17, 15) is 49.0 Å². The SMILES string of the molecule is CC(C)Oc1ccccc1C(C)(O)CC1(F)C(F)(F)C(F)(F)C(F)(F)C(F)(F)C1(F)F. The normalized spacial score (nSPS) is 26.8. The van der Waals surface area contributed by atoms with Gasteiger partial charge in [-0.3, -0.25) is 0 Å². The molecule has 0 bridgehead atoms. The summed E-state index contributed by atoms with van der Waals surface area (Å²) in [6.07, 6.45) is -3.46. The number of para-hydroxylation sites is 1. The largest absolute Gasteiger partial charge is 0.491 e. The van der Waals surface area contributed by atoms with Crippen LogP contribution in [-0.2, 0) is 5.60 Å². The first kappa shape index (κ1) is 25.5. The monoisotopic (exact) mass is 474 g/mol. The molecule has 1 fully saturated rings. The minimum Gasteiger partial charge on any atom is -0.491 e. The maximum atomic E-state index is 15.0. The van der Waals surface area contributed by atoms with Crippen molar-refractivity contribution >= 4 is 0 Å². The molecule has 1 aliphatic carbocycles. The Kier molecular flexibility index (Phi) is 5.63. The van der Waals surface area contributed by atoms with Crippen LogP contribution in [-0.4, -0.2) is 46.5 Å². The van der Waals surface area contributed by atoms with E-state index < -0.39 is 64.7 Å². The highest BCUT2D eigenvalue weighted by atomic mass is 19.4. The van der Waals surface area contributed by atoms with Crippen LogP contribution in [0.2, 0.25) is 0 Å². The van der Waals surface area contributed by atoms with Crippen LogP contribution in [0.15, 0.2) is 24.3 Å². The maximum Gasteiger partial charge on any atom is 0.384 e. The van der Waals surface area contributed by atoms with E-state index in [1.807, 2.05) is 0 Å². The minimum atomic E-state index is -7.30. The number of hydrogen-bond acceptors (Lipinski definition) is 2. The van der Waals surface area contributed by atoms with Crippen LogP contribution in [0.5, 0.6) is 5.75 Å². The lowest BCUT2D eigenvalue weighted by atomic mass is 9.67. The highest BCUT2D eigenvalue weighted by Gasteiger charge is 3.01. The molecule has 2 rings (SSSR count). The second-order valence-electron chi connectivity index (χ2n) is 7.79. The fourth-order valence-corrected chi connectivity index (χ4v) is 3.35. The van der Waals surface area contributed by atoms with Gasteiger partial charge in [0, 0.05) is 12.0 Å². The quantitative estimate of drug-likeness (QED) is 0.533. The average Bonchev–Trinajstić information content (AvgIpc) is 2.59. The summed E-state index contributed by atoms with van der Waals surface area (Å²) in [6, 6.07) is 4.28. The molecule has 0 spiro atoms. The molecule has 2 nitrogen and oxygen atoms in total. The third-order valence-corrected chi connectivity index (χ3v) is 4.99. The molecule has 1 atom stereocenters. The van der Waals surface area contributed by atoms with E-state index in [4.69, 9.17) is 4.74 Å². The molecule has 1 aromatic rings. The van der Waals surface area contributed by atoms with Gasteiger partial charge in [-0.15, -0.1) is 0 Å². The summed E-state index contributed by atoms with van der Waals surface area (Å²) in [7, 11) is 0. The van der Waals surface area contributed by atoms with E-state index >= 15 is 4.39 Å². The lowest BCUT2D eigenvalue weighted by molar-refractivity contribution is -0.488. The van der Waals surface area contributed by atoms with E-state index in [-0.39, 0.29) is 0 Å². The lowest BCUT2D eigenvalue weighted by Crippen LogP contribution is -2.84. The van der Waals surface area contributed by atoms with E-state index in [0.717, 1.165) is 18.2 Å². The standard InChI is InChI=1S/C18H17F11O2/c1-9(2)31-11-7-5-4-6-10(11)12(3,30)8-13(19)14(20,21)16(24,25)18(28,29)17(26,27)15(13,22)23/h4-7,9,30H,8H2,1-3H3. The van der Waals surface area contributed by atoms with Crippen molar-refractivity contribution in [1.29, 1.82) is 0 Å². The summed E-state index contributed by atoms with van der Waals surface area (Å²) in [6.45, 7) is 3.27. The Morgan fingerprint density at radius 3 is 1.58 bits per heavy atom. The molecule has 1 aromatic carbocycles. The van der Waals surface area contributed by atoms with Gasteiger partial charge in [0.15, 0.2) is 0 Å². The fraction of sp³-hybridized carbons (Fsp3) is 0.667. The molecule has 31 heavy (non-hydrogen) atoms. The zero-order valence-electron chi connectivity index (χ0n) is 16.1. The molecule has 0 aliphatic heterocycles. The molecular weight excluding hydrogens is 457 g/mol. The third-order valence-electron chi connectivity index (χ3n) is 4.99. The van der Waals surface area contributed by atoms with Crippen molar-refractivity contribution in [2.24, 2.45) is 0 Å². The molecule has 0 heterocycles. The van der Waals surface area contributed by atoms with Gasteiger partial charge < -0.3 is 9.84 Å². The molecule has 0 aromatic heterocycles. The summed E-state index contributed by atoms with van der Waals surface area (Å²) in [5.74, 6) is -36.1. The van der Waals surface area contributed by atoms with Gasteiger partial charge in [-0.25, -0.2) is 4.39 Å². The summed E-state index contributed by atoms with van der Waals surface area (Å²) in [5, 5.41) is 10.5. The first-order valence-electron chi connectivity index (χ1n) is 8.68. The highest BCUT2D eigenvalue weighted by molar-refractivity contribution is 5.39. The molecule has 1 aliphatic rings. The minimum absolute atomic E-state index is 0.391. The second kappa shape index (κ2) is 6.85. The molecule has 1 N–H and O–H groups in total. The van der Waals surface area contributed by atoms with Crippen LogP contribution >= 0.6 is 0 Å². The highest BCUT2D eigenvalue weighted by Crippen LogP contribution is 2.71. The molecule has 0 saturated heterocycles. The Morgan fingerprint density at radius 2 is 1.16 bits per heavy atom. The number of rotatable bonds is 5. The third kappa shape index (κ3) is 3.09. The fourth-order valence-electron chi connectivity index (χ4n) is 3.35. The molecule has 178 valence electrons. The zero-order chi connectivity index (χ0) is 24.5. The van der Waals surface area contributed by atoms with Gasteiger partial charge >= 0.3 is 29.6 Å². The smallest absolute Gasteiger partial charge is 0.384 e. The van der Waals surface area contributed by atoms with Crippen molar-refractivity contribution in [3.05, 3.63) is 29.8 Å². The van der Waals surface area contributed by atoms with E-state index in [1.54, 1.807) is 0 Å². The van der Waals surface area contributed by atoms with Gasteiger partial charge in [0.1, 0.15) is 5.75 Å². The van der Waals surface area contributed by atoms with Crippen LogP contribution in [0, 0.1) is 0 Å². The second-order valence-corrected chi connectivity index (χ2v) is 7.79. The van der Waals surface area contributed by atoms with Crippen molar-refractivity contribution in [2.45, 2.75) is 74.2 Å². The Labute approximate surface area is 169 Å².